The summed E-state index contributed by atoms with van der Waals surface area (Å²) in [6, 6.07) is 4.70. The van der Waals surface area contributed by atoms with E-state index in [-0.39, 0.29) is 0 Å². The van der Waals surface area contributed by atoms with E-state index in [1.165, 1.54) is 25.7 Å². The van der Waals surface area contributed by atoms with Gasteiger partial charge in [0.05, 0.1) is 10.7 Å². The highest BCUT2D eigenvalue weighted by molar-refractivity contribution is 6.31. The summed E-state index contributed by atoms with van der Waals surface area (Å²) >= 11 is 6.26. The predicted molar refractivity (Wildman–Crippen MR) is 86.5 cm³/mol. The van der Waals surface area contributed by atoms with Crippen LogP contribution < -0.4 is 10.2 Å². The standard InChI is InChI=1S/C16H26ClN3/c1-3-10-18-12-15-14(17)8-9-16(19-15)20-11-6-5-7-13(20)4-2/h8-9,13,18H,3-7,10-12H2,1-2H3. The molecule has 0 aromatic carbocycles. The first kappa shape index (κ1) is 15.6. The van der Waals surface area contributed by atoms with Crippen molar-refractivity contribution < 1.29 is 0 Å². The van der Waals surface area contributed by atoms with Crippen molar-refractivity contribution in [2.45, 2.75) is 58.5 Å². The molecular formula is C16H26ClN3. The lowest BCUT2D eigenvalue weighted by molar-refractivity contribution is 0.446. The molecule has 0 radical (unpaired) electrons. The highest BCUT2D eigenvalue weighted by atomic mass is 35.5. The number of nitrogens with one attached hydrogen (secondary N) is 1. The van der Waals surface area contributed by atoms with E-state index < -0.39 is 0 Å². The smallest absolute Gasteiger partial charge is 0.129 e. The van der Waals surface area contributed by atoms with E-state index in [1.807, 2.05) is 6.07 Å². The maximum absolute atomic E-state index is 6.26. The molecule has 0 amide bonds. The van der Waals surface area contributed by atoms with Crippen LogP contribution in [0.1, 0.15) is 51.6 Å². The Labute approximate surface area is 127 Å². The lowest BCUT2D eigenvalue weighted by atomic mass is 10.00. The second-order valence-corrected chi connectivity index (χ2v) is 5.93. The van der Waals surface area contributed by atoms with Crippen LogP contribution in [0.3, 0.4) is 0 Å². The molecule has 0 saturated carbocycles. The first-order valence-electron chi connectivity index (χ1n) is 7.89. The number of pyridine rings is 1. The van der Waals surface area contributed by atoms with Gasteiger partial charge in [-0.05, 0) is 50.8 Å². The lowest BCUT2D eigenvalue weighted by Gasteiger charge is -2.36. The van der Waals surface area contributed by atoms with Gasteiger partial charge in [-0.25, -0.2) is 4.98 Å². The molecule has 1 N–H and O–H groups in total. The Morgan fingerprint density at radius 1 is 1.35 bits per heavy atom. The van der Waals surface area contributed by atoms with E-state index in [0.717, 1.165) is 42.6 Å². The molecule has 2 rings (SSSR count). The zero-order valence-electron chi connectivity index (χ0n) is 12.7. The molecule has 112 valence electrons. The first-order valence-corrected chi connectivity index (χ1v) is 8.26. The van der Waals surface area contributed by atoms with Gasteiger partial charge >= 0.3 is 0 Å². The minimum absolute atomic E-state index is 0.633. The summed E-state index contributed by atoms with van der Waals surface area (Å²) < 4.78 is 0. The fraction of sp³-hybridized carbons (Fsp3) is 0.688. The van der Waals surface area contributed by atoms with Crippen LogP contribution in [0.25, 0.3) is 0 Å². The van der Waals surface area contributed by atoms with E-state index in [1.54, 1.807) is 0 Å². The number of hydrogen-bond acceptors (Lipinski definition) is 3. The second kappa shape index (κ2) is 7.84. The van der Waals surface area contributed by atoms with Gasteiger partial charge in [0, 0.05) is 19.1 Å². The molecule has 1 unspecified atom stereocenters. The zero-order valence-corrected chi connectivity index (χ0v) is 13.4. The summed E-state index contributed by atoms with van der Waals surface area (Å²) in [4.78, 5) is 7.26. The minimum atomic E-state index is 0.633. The summed E-state index contributed by atoms with van der Waals surface area (Å²) in [6.07, 6.45) is 6.21. The average molecular weight is 296 g/mol. The Morgan fingerprint density at radius 2 is 2.20 bits per heavy atom. The van der Waals surface area contributed by atoms with E-state index >= 15 is 0 Å². The molecule has 1 aliphatic rings. The van der Waals surface area contributed by atoms with Crippen LogP contribution >= 0.6 is 11.6 Å². The van der Waals surface area contributed by atoms with Gasteiger partial charge < -0.3 is 10.2 Å². The summed E-state index contributed by atoms with van der Waals surface area (Å²) in [5.41, 5.74) is 0.970. The average Bonchev–Trinajstić information content (AvgIpc) is 2.49. The predicted octanol–water partition coefficient (Wildman–Crippen LogP) is 4.00. The number of aromatic nitrogens is 1. The van der Waals surface area contributed by atoms with Crippen molar-refractivity contribution in [2.75, 3.05) is 18.0 Å². The third-order valence-corrected chi connectivity index (χ3v) is 4.36. The number of anilines is 1. The van der Waals surface area contributed by atoms with E-state index in [4.69, 9.17) is 16.6 Å². The number of nitrogens with zero attached hydrogens (tertiary/aromatic N) is 2. The van der Waals surface area contributed by atoms with Crippen LogP contribution in [0.2, 0.25) is 5.02 Å². The van der Waals surface area contributed by atoms with Gasteiger partial charge in [0.1, 0.15) is 5.82 Å². The number of halogens is 1. The maximum Gasteiger partial charge on any atom is 0.129 e. The lowest BCUT2D eigenvalue weighted by Crippen LogP contribution is -2.39. The summed E-state index contributed by atoms with van der Waals surface area (Å²) in [7, 11) is 0. The third-order valence-electron chi connectivity index (χ3n) is 4.02. The van der Waals surface area contributed by atoms with Gasteiger partial charge in [-0.3, -0.25) is 0 Å². The van der Waals surface area contributed by atoms with E-state index in [0.29, 0.717) is 6.04 Å². The Balaban J connectivity index is 2.12. The van der Waals surface area contributed by atoms with Crippen LogP contribution in [0.15, 0.2) is 12.1 Å². The Bertz CT molecular complexity index is 422. The largest absolute Gasteiger partial charge is 0.354 e. The van der Waals surface area contributed by atoms with Crippen molar-refractivity contribution >= 4 is 17.4 Å². The quantitative estimate of drug-likeness (QED) is 0.804. The third kappa shape index (κ3) is 3.86. The molecule has 1 aliphatic heterocycles. The van der Waals surface area contributed by atoms with Crippen LogP contribution in [0.4, 0.5) is 5.82 Å². The van der Waals surface area contributed by atoms with Gasteiger partial charge in [0.15, 0.2) is 0 Å². The van der Waals surface area contributed by atoms with Crippen LogP contribution in [-0.2, 0) is 6.54 Å². The number of rotatable bonds is 6. The normalized spacial score (nSPS) is 19.4. The van der Waals surface area contributed by atoms with Crippen LogP contribution in [0, 0.1) is 0 Å². The monoisotopic (exact) mass is 295 g/mol. The first-order chi connectivity index (χ1) is 9.76. The van der Waals surface area contributed by atoms with Gasteiger partial charge in [0.25, 0.3) is 0 Å². The van der Waals surface area contributed by atoms with Crippen LogP contribution in [-0.4, -0.2) is 24.1 Å². The molecule has 1 fully saturated rings. The fourth-order valence-corrected chi connectivity index (χ4v) is 3.04. The number of hydrogen-bond donors (Lipinski definition) is 1. The highest BCUT2D eigenvalue weighted by Gasteiger charge is 2.22. The SMILES string of the molecule is CCCNCc1nc(N2CCCCC2CC)ccc1Cl. The molecular weight excluding hydrogens is 270 g/mol. The van der Waals surface area contributed by atoms with Crippen molar-refractivity contribution in [3.8, 4) is 0 Å². The summed E-state index contributed by atoms with van der Waals surface area (Å²) in [6.45, 7) is 7.31. The molecule has 0 spiro atoms. The maximum atomic E-state index is 6.26. The molecule has 0 bridgehead atoms. The van der Waals surface area contributed by atoms with Gasteiger partial charge in [-0.15, -0.1) is 0 Å². The fourth-order valence-electron chi connectivity index (χ4n) is 2.87. The second-order valence-electron chi connectivity index (χ2n) is 5.53. The highest BCUT2D eigenvalue weighted by Crippen LogP contribution is 2.27. The molecule has 1 saturated heterocycles. The molecule has 2 heterocycles. The molecule has 0 aliphatic carbocycles. The van der Waals surface area contributed by atoms with Crippen molar-refractivity contribution in [3.05, 3.63) is 22.8 Å². The van der Waals surface area contributed by atoms with Gasteiger partial charge in [0.2, 0.25) is 0 Å². The minimum Gasteiger partial charge on any atom is -0.354 e. The summed E-state index contributed by atoms with van der Waals surface area (Å²) in [5.74, 6) is 1.09. The van der Waals surface area contributed by atoms with Crippen molar-refractivity contribution in [1.29, 1.82) is 0 Å². The van der Waals surface area contributed by atoms with Crippen molar-refractivity contribution in [1.82, 2.24) is 10.3 Å². The van der Waals surface area contributed by atoms with Gasteiger partial charge in [-0.2, -0.15) is 0 Å². The van der Waals surface area contributed by atoms with Crippen molar-refractivity contribution in [2.24, 2.45) is 0 Å². The Kier molecular flexibility index (Phi) is 6.11. The topological polar surface area (TPSA) is 28.2 Å². The molecule has 1 aromatic heterocycles. The number of piperidine rings is 1. The molecule has 3 nitrogen and oxygen atoms in total. The van der Waals surface area contributed by atoms with E-state index in [9.17, 15) is 0 Å². The Morgan fingerprint density at radius 3 is 2.95 bits per heavy atom. The van der Waals surface area contributed by atoms with E-state index in [2.05, 4.69) is 30.1 Å². The van der Waals surface area contributed by atoms with Crippen LogP contribution in [0.5, 0.6) is 0 Å². The zero-order chi connectivity index (χ0) is 14.4. The van der Waals surface area contributed by atoms with Crippen molar-refractivity contribution in [3.63, 3.8) is 0 Å². The summed E-state index contributed by atoms with van der Waals surface area (Å²) in [5, 5.41) is 4.15. The molecule has 4 heteroatoms. The molecule has 1 atom stereocenters. The molecule has 20 heavy (non-hydrogen) atoms. The Hall–Kier alpha value is -0.800. The molecule has 1 aromatic rings. The van der Waals surface area contributed by atoms with Gasteiger partial charge in [-0.1, -0.05) is 25.4 Å².